The molecule has 0 bridgehead atoms. The van der Waals surface area contributed by atoms with Crippen molar-refractivity contribution in [2.75, 3.05) is 29.7 Å². The number of fused-ring (bicyclic) bond motifs is 2. The van der Waals surface area contributed by atoms with Crippen LogP contribution in [-0.4, -0.2) is 37.8 Å². The van der Waals surface area contributed by atoms with Gasteiger partial charge in [-0.05, 0) is 30.6 Å². The number of nitrogens with zero attached hydrogens (tertiary/aromatic N) is 1. The van der Waals surface area contributed by atoms with Gasteiger partial charge in [-0.15, -0.1) is 23.5 Å². The van der Waals surface area contributed by atoms with Gasteiger partial charge in [-0.1, -0.05) is 36.4 Å². The molecule has 1 N–H and O–H groups in total. The third kappa shape index (κ3) is 4.11. The van der Waals surface area contributed by atoms with Crippen molar-refractivity contribution < 1.29 is 13.0 Å². The molecule has 0 aliphatic carbocycles. The van der Waals surface area contributed by atoms with Gasteiger partial charge in [0.15, 0.2) is 0 Å². The minimum Gasteiger partial charge on any atom is -0.344 e. The summed E-state index contributed by atoms with van der Waals surface area (Å²) in [6.07, 6.45) is 2.46. The van der Waals surface area contributed by atoms with Crippen molar-refractivity contribution in [3.05, 3.63) is 63.9 Å². The van der Waals surface area contributed by atoms with E-state index in [1.165, 1.54) is 16.7 Å². The molecule has 1 heterocycles. The molecule has 2 aromatic rings. The molecule has 1 aliphatic heterocycles. The molecule has 0 saturated heterocycles. The fraction of sp³-hybridized carbons (Fsp3) is 0.263. The molecule has 0 spiro atoms. The third-order valence-electron chi connectivity index (χ3n) is 4.24. The Morgan fingerprint density at radius 2 is 1.58 bits per heavy atom. The first-order chi connectivity index (χ1) is 12.4. The molecule has 0 atom stereocenters. The summed E-state index contributed by atoms with van der Waals surface area (Å²) in [7, 11) is -1.83. The molecule has 2 aromatic carbocycles. The topological polar surface area (TPSA) is 57.6 Å². The number of benzene rings is 2. The van der Waals surface area contributed by atoms with Gasteiger partial charge < -0.3 is 4.90 Å². The quantitative estimate of drug-likeness (QED) is 0.545. The van der Waals surface area contributed by atoms with Crippen LogP contribution in [0.15, 0.2) is 52.8 Å². The highest BCUT2D eigenvalue weighted by molar-refractivity contribution is 8.22. The maximum Gasteiger partial charge on any atom is 0.264 e. The number of anilines is 2. The average molecular weight is 408 g/mol. The van der Waals surface area contributed by atoms with Crippen LogP contribution in [0.2, 0.25) is 0 Å². The minimum atomic E-state index is -3.90. The maximum absolute atomic E-state index is 10.9. The van der Waals surface area contributed by atoms with Gasteiger partial charge in [-0.25, -0.2) is 0 Å². The van der Waals surface area contributed by atoms with Crippen LogP contribution in [0, 0.1) is 0 Å². The molecule has 4 nitrogen and oxygen atoms in total. The number of thioether (sulfide) groups is 2. The van der Waals surface area contributed by atoms with Crippen LogP contribution in [0.1, 0.15) is 17.5 Å². The van der Waals surface area contributed by atoms with Crippen molar-refractivity contribution in [2.24, 2.45) is 0 Å². The van der Waals surface area contributed by atoms with Crippen LogP contribution >= 0.6 is 23.5 Å². The van der Waals surface area contributed by atoms with Gasteiger partial charge in [0.25, 0.3) is 10.1 Å². The molecular weight excluding hydrogens is 386 g/mol. The fourth-order valence-electron chi connectivity index (χ4n) is 3.09. The first kappa shape index (κ1) is 19.4. The fourth-order valence-corrected chi connectivity index (χ4v) is 5.76. The summed E-state index contributed by atoms with van der Waals surface area (Å²) in [5, 5.41) is 0. The van der Waals surface area contributed by atoms with E-state index in [1.807, 2.05) is 30.5 Å². The van der Waals surface area contributed by atoms with Gasteiger partial charge in [0.1, 0.15) is 0 Å². The molecule has 138 valence electrons. The number of hydrogen-bond acceptors (Lipinski definition) is 5. The van der Waals surface area contributed by atoms with Crippen molar-refractivity contribution in [1.29, 1.82) is 0 Å². The van der Waals surface area contributed by atoms with E-state index in [4.69, 9.17) is 4.55 Å². The zero-order valence-electron chi connectivity index (χ0n) is 14.7. The Morgan fingerprint density at radius 1 is 1.04 bits per heavy atom. The second-order valence-corrected chi connectivity index (χ2v) is 9.70. The highest BCUT2D eigenvalue weighted by Crippen LogP contribution is 2.49. The third-order valence-corrected chi connectivity index (χ3v) is 7.43. The van der Waals surface area contributed by atoms with Crippen molar-refractivity contribution in [1.82, 2.24) is 0 Å². The van der Waals surface area contributed by atoms with E-state index in [2.05, 4.69) is 36.2 Å². The summed E-state index contributed by atoms with van der Waals surface area (Å²) in [6, 6.07) is 16.7. The van der Waals surface area contributed by atoms with E-state index >= 15 is 0 Å². The molecule has 3 rings (SSSR count). The van der Waals surface area contributed by atoms with E-state index in [9.17, 15) is 8.42 Å². The highest BCUT2D eigenvalue weighted by Gasteiger charge is 2.26. The van der Waals surface area contributed by atoms with Gasteiger partial charge in [0, 0.05) is 39.4 Å². The smallest absolute Gasteiger partial charge is 0.264 e. The van der Waals surface area contributed by atoms with Gasteiger partial charge in [-0.3, -0.25) is 4.55 Å². The molecule has 1 aliphatic rings. The number of para-hydroxylation sites is 2. The van der Waals surface area contributed by atoms with Gasteiger partial charge in [0.05, 0.1) is 5.75 Å². The van der Waals surface area contributed by atoms with Gasteiger partial charge in [-0.2, -0.15) is 8.42 Å². The minimum absolute atomic E-state index is 0.201. The molecule has 0 fully saturated rings. The van der Waals surface area contributed by atoms with Crippen LogP contribution < -0.4 is 4.90 Å². The molecule has 26 heavy (non-hydrogen) atoms. The maximum atomic E-state index is 10.9. The molecule has 7 heteroatoms. The Labute approximate surface area is 163 Å². The summed E-state index contributed by atoms with van der Waals surface area (Å²) in [4.78, 5) is 2.20. The van der Waals surface area contributed by atoms with E-state index < -0.39 is 10.1 Å². The van der Waals surface area contributed by atoms with Crippen molar-refractivity contribution in [3.63, 3.8) is 0 Å². The number of hydrogen-bond donors (Lipinski definition) is 1. The Kier molecular flexibility index (Phi) is 6.02. The second kappa shape index (κ2) is 8.08. The Hall–Kier alpha value is -1.41. The molecule has 0 radical (unpaired) electrons. The first-order valence-electron chi connectivity index (χ1n) is 8.21. The summed E-state index contributed by atoms with van der Waals surface area (Å²) in [6.45, 7) is 0. The van der Waals surface area contributed by atoms with Crippen molar-refractivity contribution >= 4 is 50.6 Å². The zero-order valence-corrected chi connectivity index (χ0v) is 17.1. The van der Waals surface area contributed by atoms with E-state index in [0.717, 1.165) is 15.6 Å². The molecular formula is C19H21NO3S3. The molecule has 0 amide bonds. The lowest BCUT2D eigenvalue weighted by Crippen LogP contribution is -2.18. The van der Waals surface area contributed by atoms with Crippen LogP contribution in [0.5, 0.6) is 0 Å². The van der Waals surface area contributed by atoms with Crippen LogP contribution in [-0.2, 0) is 10.1 Å². The Balaban J connectivity index is 2.01. The normalized spacial score (nSPS) is 13.3. The van der Waals surface area contributed by atoms with E-state index in [1.54, 1.807) is 23.5 Å². The highest BCUT2D eigenvalue weighted by atomic mass is 32.2. The molecule has 0 unspecified atom stereocenters. The summed E-state index contributed by atoms with van der Waals surface area (Å²) in [5.74, 6) is 0.437. The van der Waals surface area contributed by atoms with Gasteiger partial charge >= 0.3 is 0 Å². The van der Waals surface area contributed by atoms with E-state index in [-0.39, 0.29) is 5.75 Å². The Morgan fingerprint density at radius 3 is 2.08 bits per heavy atom. The molecule has 0 aromatic heterocycles. The Bertz CT molecular complexity index is 889. The van der Waals surface area contributed by atoms with Crippen LogP contribution in [0.25, 0.3) is 5.57 Å². The van der Waals surface area contributed by atoms with E-state index in [0.29, 0.717) is 12.2 Å². The first-order valence-corrected chi connectivity index (χ1v) is 12.0. The summed E-state index contributed by atoms with van der Waals surface area (Å²) < 4.78 is 31.9. The largest absolute Gasteiger partial charge is 0.344 e. The zero-order chi connectivity index (χ0) is 18.7. The standard InChI is InChI=1S/C19H21NO3S3/c1-20-16-10-5-3-8-14(16)18(15-9-4-6-11-17(15)20)19(24-2)25-12-7-13-26(21,22)23/h3-6,8-11H,7,12-13H2,1-2H3,(H,21,22,23). The predicted molar refractivity (Wildman–Crippen MR) is 114 cm³/mol. The molecule has 0 saturated carbocycles. The van der Waals surface area contributed by atoms with Crippen molar-refractivity contribution in [3.8, 4) is 0 Å². The number of rotatable bonds is 6. The van der Waals surface area contributed by atoms with Gasteiger partial charge in [0.2, 0.25) is 0 Å². The predicted octanol–water partition coefficient (Wildman–Crippen LogP) is 4.86. The van der Waals surface area contributed by atoms with Crippen LogP contribution in [0.3, 0.4) is 0 Å². The lowest BCUT2D eigenvalue weighted by molar-refractivity contribution is 0.482. The SMILES string of the molecule is CSC(SCCCS(=O)(=O)O)=C1c2ccccc2N(C)c2ccccc21. The summed E-state index contributed by atoms with van der Waals surface area (Å²) >= 11 is 3.32. The average Bonchev–Trinajstić information content (AvgIpc) is 2.63. The lowest BCUT2D eigenvalue weighted by atomic mass is 9.92. The lowest BCUT2D eigenvalue weighted by Gasteiger charge is -2.32. The van der Waals surface area contributed by atoms with Crippen LogP contribution in [0.4, 0.5) is 11.4 Å². The van der Waals surface area contributed by atoms with Crippen molar-refractivity contribution in [2.45, 2.75) is 6.42 Å². The summed E-state index contributed by atoms with van der Waals surface area (Å²) in [5.41, 5.74) is 5.87. The second-order valence-electron chi connectivity index (χ2n) is 5.95. The monoisotopic (exact) mass is 407 g/mol.